The zero-order valence-corrected chi connectivity index (χ0v) is 25.9. The van der Waals surface area contributed by atoms with E-state index in [1.165, 1.54) is 19.3 Å². The molecule has 4 aliphatic carbocycles. The molecule has 5 heteroatoms. The molecule has 0 N–H and O–H groups in total. The molecule has 0 aliphatic heterocycles. The first-order valence-electron chi connectivity index (χ1n) is 15.5. The summed E-state index contributed by atoms with van der Waals surface area (Å²) in [5.41, 5.74) is -1.26. The molecular weight excluding hydrogens is 486 g/mol. The maximum absolute atomic E-state index is 14.3. The predicted molar refractivity (Wildman–Crippen MR) is 155 cm³/mol. The average Bonchev–Trinajstić information content (AvgIpc) is 2.84. The lowest BCUT2D eigenvalue weighted by atomic mass is 9.54. The maximum Gasteiger partial charge on any atom is 0.312 e. The van der Waals surface area contributed by atoms with Crippen molar-refractivity contribution in [2.45, 2.75) is 143 Å². The van der Waals surface area contributed by atoms with Crippen LogP contribution in [0.4, 0.5) is 0 Å². The lowest BCUT2D eigenvalue weighted by molar-refractivity contribution is -0.198. The fourth-order valence-electron chi connectivity index (χ4n) is 7.67. The molecule has 4 aliphatic rings. The monoisotopic (exact) mass is 539 g/mol. The highest BCUT2D eigenvalue weighted by molar-refractivity contribution is 5.78. The van der Waals surface area contributed by atoms with Gasteiger partial charge in [-0.2, -0.15) is 0 Å². The summed E-state index contributed by atoms with van der Waals surface area (Å²) in [7, 11) is 0. The minimum absolute atomic E-state index is 0.0658. The molecule has 5 nitrogen and oxygen atoms in total. The van der Waals surface area contributed by atoms with Crippen LogP contribution in [0.2, 0.25) is 0 Å². The fourth-order valence-corrected chi connectivity index (χ4v) is 7.67. The van der Waals surface area contributed by atoms with Gasteiger partial charge >= 0.3 is 11.9 Å². The Morgan fingerprint density at radius 2 is 1.41 bits per heavy atom. The Balaban J connectivity index is 1.54. The van der Waals surface area contributed by atoms with E-state index < -0.39 is 16.4 Å². The van der Waals surface area contributed by atoms with Crippen molar-refractivity contribution in [3.8, 4) is 0 Å². The predicted octanol–water partition coefficient (Wildman–Crippen LogP) is 8.20. The molecule has 1 aromatic heterocycles. The first kappa shape index (κ1) is 30.1. The molecule has 4 saturated carbocycles. The molecule has 39 heavy (non-hydrogen) atoms. The lowest BCUT2D eigenvalue weighted by Crippen LogP contribution is -2.54. The lowest BCUT2D eigenvalue weighted by Gasteiger charge is -2.56. The summed E-state index contributed by atoms with van der Waals surface area (Å²) < 4.78 is 12.4. The Kier molecular flexibility index (Phi) is 8.34. The van der Waals surface area contributed by atoms with Gasteiger partial charge < -0.3 is 9.47 Å². The highest BCUT2D eigenvalue weighted by Gasteiger charge is 2.54. The van der Waals surface area contributed by atoms with Crippen molar-refractivity contribution in [2.75, 3.05) is 0 Å². The van der Waals surface area contributed by atoms with Crippen molar-refractivity contribution in [2.24, 2.45) is 28.6 Å². The summed E-state index contributed by atoms with van der Waals surface area (Å²) in [5.74, 6) is 1.87. The third-order valence-electron chi connectivity index (χ3n) is 10.3. The highest BCUT2D eigenvalue weighted by atomic mass is 16.6. The van der Waals surface area contributed by atoms with Crippen LogP contribution in [0.5, 0.6) is 0 Å². The van der Waals surface area contributed by atoms with Crippen LogP contribution >= 0.6 is 0 Å². The van der Waals surface area contributed by atoms with Gasteiger partial charge in [0.25, 0.3) is 0 Å². The fraction of sp³-hybridized carbons (Fsp3) is 0.794. The van der Waals surface area contributed by atoms with E-state index in [9.17, 15) is 9.59 Å². The molecule has 4 fully saturated rings. The summed E-state index contributed by atoms with van der Waals surface area (Å²) in [6, 6.07) is 6.09. The second kappa shape index (κ2) is 10.8. The second-order valence-corrected chi connectivity index (χ2v) is 15.6. The molecule has 1 heterocycles. The van der Waals surface area contributed by atoms with Crippen LogP contribution in [0.25, 0.3) is 0 Å². The first-order chi connectivity index (χ1) is 18.1. The van der Waals surface area contributed by atoms with Gasteiger partial charge in [-0.1, -0.05) is 19.9 Å². The molecule has 4 bridgehead atoms. The molecular formula is C34H53NO4. The van der Waals surface area contributed by atoms with Crippen LogP contribution in [0.1, 0.15) is 132 Å². The van der Waals surface area contributed by atoms with Crippen LogP contribution in [0.15, 0.2) is 24.4 Å². The number of rotatable bonds is 11. The SMILES string of the molecule is CCC(C)(CCC(C)(CCC(C)(C)C(=O)OC(C)(C)C)C(=O)OC12CC3CC(CC(C3)C1)C2)c1ccccn1. The molecule has 0 spiro atoms. The Bertz CT molecular complexity index is 990. The summed E-state index contributed by atoms with van der Waals surface area (Å²) >= 11 is 0. The van der Waals surface area contributed by atoms with Crippen LogP contribution < -0.4 is 0 Å². The maximum atomic E-state index is 14.3. The van der Waals surface area contributed by atoms with Crippen molar-refractivity contribution in [3.63, 3.8) is 0 Å². The minimum Gasteiger partial charge on any atom is -0.460 e. The summed E-state index contributed by atoms with van der Waals surface area (Å²) in [5, 5.41) is 0. The first-order valence-corrected chi connectivity index (χ1v) is 15.5. The van der Waals surface area contributed by atoms with Gasteiger partial charge in [0.15, 0.2) is 0 Å². The van der Waals surface area contributed by atoms with E-state index in [4.69, 9.17) is 9.47 Å². The van der Waals surface area contributed by atoms with E-state index in [1.807, 2.05) is 52.9 Å². The number of hydrogen-bond acceptors (Lipinski definition) is 5. The molecule has 0 saturated heterocycles. The number of hydrogen-bond donors (Lipinski definition) is 0. The topological polar surface area (TPSA) is 65.5 Å². The standard InChI is InChI=1S/C34H53NO4/c1-9-32(7,27-12-10-11-17-35-27)15-16-33(8,14-13-31(5,6)28(36)38-30(2,3)4)29(37)39-34-21-24-18-25(22-34)20-26(19-24)23-34/h10-12,17,24-26H,9,13-16,18-23H2,1-8H3. The second-order valence-electron chi connectivity index (χ2n) is 15.6. The van der Waals surface area contributed by atoms with Gasteiger partial charge in [-0.15, -0.1) is 0 Å². The van der Waals surface area contributed by atoms with Crippen LogP contribution in [0.3, 0.4) is 0 Å². The van der Waals surface area contributed by atoms with Gasteiger partial charge in [0.1, 0.15) is 11.2 Å². The van der Waals surface area contributed by atoms with E-state index >= 15 is 0 Å². The Labute approximate surface area is 237 Å². The largest absolute Gasteiger partial charge is 0.460 e. The molecule has 2 atom stereocenters. The van der Waals surface area contributed by atoms with Crippen molar-refractivity contribution in [1.82, 2.24) is 4.98 Å². The molecule has 218 valence electrons. The summed E-state index contributed by atoms with van der Waals surface area (Å²) in [6.07, 6.45) is 12.5. The highest BCUT2D eigenvalue weighted by Crippen LogP contribution is 2.58. The van der Waals surface area contributed by atoms with Crippen molar-refractivity contribution in [3.05, 3.63) is 30.1 Å². The van der Waals surface area contributed by atoms with Gasteiger partial charge in [-0.3, -0.25) is 14.6 Å². The van der Waals surface area contributed by atoms with E-state index in [2.05, 4.69) is 31.8 Å². The van der Waals surface area contributed by atoms with Crippen LogP contribution in [-0.2, 0) is 24.5 Å². The molecule has 0 radical (unpaired) electrons. The van der Waals surface area contributed by atoms with Gasteiger partial charge in [0.05, 0.1) is 10.8 Å². The molecule has 1 aromatic rings. The molecule has 5 rings (SSSR count). The minimum atomic E-state index is -0.690. The van der Waals surface area contributed by atoms with E-state index in [-0.39, 0.29) is 23.0 Å². The number of ether oxygens (including phenoxy) is 2. The normalized spacial score (nSPS) is 29.4. The zero-order chi connectivity index (χ0) is 28.7. The van der Waals surface area contributed by atoms with E-state index in [0.717, 1.165) is 37.8 Å². The van der Waals surface area contributed by atoms with Gasteiger partial charge in [-0.05, 0) is 142 Å². The Hall–Kier alpha value is -1.91. The summed E-state index contributed by atoms with van der Waals surface area (Å²) in [4.78, 5) is 32.0. The van der Waals surface area contributed by atoms with E-state index in [1.54, 1.807) is 0 Å². The quantitative estimate of drug-likeness (QED) is 0.265. The number of esters is 2. The number of carbonyl (C=O) groups excluding carboxylic acids is 2. The molecule has 0 amide bonds. The van der Waals surface area contributed by atoms with Crippen molar-refractivity contribution in [1.29, 1.82) is 0 Å². The van der Waals surface area contributed by atoms with Crippen LogP contribution in [-0.4, -0.2) is 28.1 Å². The third-order valence-corrected chi connectivity index (χ3v) is 10.3. The Morgan fingerprint density at radius 1 is 0.846 bits per heavy atom. The average molecular weight is 540 g/mol. The molecule has 0 aromatic carbocycles. The number of pyridine rings is 1. The van der Waals surface area contributed by atoms with Crippen molar-refractivity contribution >= 4 is 11.9 Å². The smallest absolute Gasteiger partial charge is 0.312 e. The van der Waals surface area contributed by atoms with Gasteiger partial charge in [0.2, 0.25) is 0 Å². The molecule has 2 unspecified atom stereocenters. The van der Waals surface area contributed by atoms with Crippen LogP contribution in [0, 0.1) is 28.6 Å². The van der Waals surface area contributed by atoms with Gasteiger partial charge in [-0.25, -0.2) is 0 Å². The zero-order valence-electron chi connectivity index (χ0n) is 25.9. The van der Waals surface area contributed by atoms with Crippen molar-refractivity contribution < 1.29 is 19.1 Å². The van der Waals surface area contributed by atoms with Gasteiger partial charge in [0, 0.05) is 17.3 Å². The number of aromatic nitrogens is 1. The number of nitrogens with zero attached hydrogens (tertiary/aromatic N) is 1. The van der Waals surface area contributed by atoms with E-state index in [0.29, 0.717) is 37.0 Å². The Morgan fingerprint density at radius 3 is 1.90 bits per heavy atom. The number of carbonyl (C=O) groups is 2. The third kappa shape index (κ3) is 6.88. The summed E-state index contributed by atoms with van der Waals surface area (Å²) in [6.45, 7) is 16.1.